The number of carbonyl (C=O) groups excluding carboxylic acids is 2. The molecule has 1 atom stereocenters. The van der Waals surface area contributed by atoms with Gasteiger partial charge in [0.15, 0.2) is 11.5 Å². The van der Waals surface area contributed by atoms with E-state index in [4.69, 9.17) is 25.8 Å². The van der Waals surface area contributed by atoms with Gasteiger partial charge in [-0.1, -0.05) is 11.6 Å². The van der Waals surface area contributed by atoms with E-state index in [0.29, 0.717) is 49.4 Å². The summed E-state index contributed by atoms with van der Waals surface area (Å²) in [5.74, 6) is 0.595. The molecule has 8 heteroatoms. The van der Waals surface area contributed by atoms with Crippen molar-refractivity contribution >= 4 is 23.5 Å². The van der Waals surface area contributed by atoms with Crippen molar-refractivity contribution in [1.29, 1.82) is 0 Å². The average molecular weight is 369 g/mol. The summed E-state index contributed by atoms with van der Waals surface area (Å²) in [6.45, 7) is 2.79. The molecule has 0 aromatic heterocycles. The van der Waals surface area contributed by atoms with E-state index in [1.807, 2.05) is 17.0 Å². The van der Waals surface area contributed by atoms with Crippen molar-refractivity contribution in [3.05, 3.63) is 22.7 Å². The zero-order valence-electron chi connectivity index (χ0n) is 14.0. The molecule has 1 saturated heterocycles. The summed E-state index contributed by atoms with van der Waals surface area (Å²) in [6, 6.07) is 3.14. The lowest BCUT2D eigenvalue weighted by Gasteiger charge is -2.34. The predicted octanol–water partition coefficient (Wildman–Crippen LogP) is 1.36. The number of ether oxygens (including phenoxy) is 3. The number of carbonyl (C=O) groups is 2. The predicted molar refractivity (Wildman–Crippen MR) is 90.9 cm³/mol. The Labute approximate surface area is 151 Å². The normalized spacial score (nSPS) is 20.6. The van der Waals surface area contributed by atoms with Crippen LogP contribution in [0.3, 0.4) is 0 Å². The number of halogens is 1. The molecule has 3 rings (SSSR count). The van der Waals surface area contributed by atoms with Gasteiger partial charge >= 0.3 is 5.97 Å². The second-order valence-corrected chi connectivity index (χ2v) is 6.42. The Bertz CT molecular complexity index is 667. The number of fused-ring (bicyclic) bond motifs is 1. The second kappa shape index (κ2) is 7.93. The van der Waals surface area contributed by atoms with E-state index in [-0.39, 0.29) is 12.3 Å². The van der Waals surface area contributed by atoms with Crippen LogP contribution in [0.15, 0.2) is 12.1 Å². The van der Waals surface area contributed by atoms with Crippen molar-refractivity contribution in [2.45, 2.75) is 25.4 Å². The fourth-order valence-corrected chi connectivity index (χ4v) is 3.31. The number of amides is 1. The molecule has 7 nitrogen and oxygen atoms in total. The molecule has 0 aliphatic carbocycles. The minimum Gasteiger partial charge on any atom is -0.489 e. The first-order valence-electron chi connectivity index (χ1n) is 8.25. The largest absolute Gasteiger partial charge is 0.489 e. The van der Waals surface area contributed by atoms with Gasteiger partial charge in [0.1, 0.15) is 6.04 Å². The fourth-order valence-electron chi connectivity index (χ4n) is 3.02. The van der Waals surface area contributed by atoms with Crippen LogP contribution < -0.4 is 14.8 Å². The molecule has 0 radical (unpaired) electrons. The maximum atomic E-state index is 12.2. The summed E-state index contributed by atoms with van der Waals surface area (Å²) in [5, 5.41) is 3.27. The number of nitrogens with one attached hydrogen (secondary N) is 1. The van der Waals surface area contributed by atoms with Crippen LogP contribution in [0.25, 0.3) is 0 Å². The van der Waals surface area contributed by atoms with Crippen LogP contribution in [0.5, 0.6) is 11.5 Å². The smallest absolute Gasteiger partial charge is 0.307 e. The Hall–Kier alpha value is -1.99. The maximum absolute atomic E-state index is 12.2. The summed E-state index contributed by atoms with van der Waals surface area (Å²) >= 11 is 6.33. The first kappa shape index (κ1) is 17.8. The number of methoxy groups -OCH3 is 1. The fraction of sp³-hybridized carbons (Fsp3) is 0.529. The van der Waals surface area contributed by atoms with Crippen molar-refractivity contribution in [3.63, 3.8) is 0 Å². The van der Waals surface area contributed by atoms with Crippen LogP contribution in [-0.2, 0) is 20.9 Å². The van der Waals surface area contributed by atoms with Gasteiger partial charge in [-0.15, -0.1) is 0 Å². The van der Waals surface area contributed by atoms with Crippen LogP contribution in [0.4, 0.5) is 0 Å². The Morgan fingerprint density at radius 3 is 3.00 bits per heavy atom. The lowest BCUT2D eigenvalue weighted by Crippen LogP contribution is -2.55. The Balaban J connectivity index is 1.79. The first-order chi connectivity index (χ1) is 12.1. The molecule has 0 saturated carbocycles. The molecule has 1 amide bonds. The summed E-state index contributed by atoms with van der Waals surface area (Å²) in [5.41, 5.74) is 0.902. The molecule has 2 heterocycles. The molecule has 136 valence electrons. The Morgan fingerprint density at radius 1 is 1.40 bits per heavy atom. The quantitative estimate of drug-likeness (QED) is 0.809. The lowest BCUT2D eigenvalue weighted by molar-refractivity contribution is -0.146. The lowest BCUT2D eigenvalue weighted by atomic mass is 10.1. The number of esters is 1. The van der Waals surface area contributed by atoms with Gasteiger partial charge in [0.05, 0.1) is 31.8 Å². The molecule has 1 fully saturated rings. The zero-order chi connectivity index (χ0) is 17.8. The van der Waals surface area contributed by atoms with Gasteiger partial charge in [-0.2, -0.15) is 0 Å². The van der Waals surface area contributed by atoms with Gasteiger partial charge < -0.3 is 19.5 Å². The molecule has 0 spiro atoms. The highest BCUT2D eigenvalue weighted by Crippen LogP contribution is 2.38. The highest BCUT2D eigenvalue weighted by molar-refractivity contribution is 6.32. The summed E-state index contributed by atoms with van der Waals surface area (Å²) in [4.78, 5) is 25.7. The van der Waals surface area contributed by atoms with Gasteiger partial charge in [0.2, 0.25) is 5.91 Å². The van der Waals surface area contributed by atoms with Crippen LogP contribution in [-0.4, -0.2) is 56.2 Å². The van der Waals surface area contributed by atoms with Crippen molar-refractivity contribution in [1.82, 2.24) is 10.2 Å². The minimum absolute atomic E-state index is 0.0145. The number of hydrogen-bond acceptors (Lipinski definition) is 6. The van der Waals surface area contributed by atoms with Crippen molar-refractivity contribution in [2.75, 3.05) is 33.4 Å². The minimum atomic E-state index is -0.559. The molecule has 0 bridgehead atoms. The van der Waals surface area contributed by atoms with Crippen LogP contribution in [0.1, 0.15) is 18.4 Å². The topological polar surface area (TPSA) is 77.1 Å². The zero-order valence-corrected chi connectivity index (χ0v) is 14.8. The van der Waals surface area contributed by atoms with Crippen molar-refractivity contribution in [2.24, 2.45) is 0 Å². The van der Waals surface area contributed by atoms with Gasteiger partial charge in [0.25, 0.3) is 0 Å². The number of nitrogens with zero attached hydrogens (tertiary/aromatic N) is 1. The summed E-state index contributed by atoms with van der Waals surface area (Å²) < 4.78 is 16.0. The van der Waals surface area contributed by atoms with Gasteiger partial charge in [0, 0.05) is 26.1 Å². The monoisotopic (exact) mass is 368 g/mol. The molecule has 1 N–H and O–H groups in total. The average Bonchev–Trinajstić information content (AvgIpc) is 2.83. The van der Waals surface area contributed by atoms with Gasteiger partial charge in [-0.25, -0.2) is 0 Å². The van der Waals surface area contributed by atoms with Gasteiger partial charge in [-0.05, 0) is 17.7 Å². The molecule has 1 aromatic carbocycles. The number of rotatable bonds is 4. The Kier molecular flexibility index (Phi) is 5.65. The standard InChI is InChI=1S/C17H21ClN2O5/c1-23-15(21)9-13-17(22)19-3-4-20(13)10-11-7-12(18)16-14(8-11)24-5-2-6-25-16/h7-8,13H,2-6,9-10H2,1H3,(H,19,22)/t13-/m1/s1. The summed E-state index contributed by atoms with van der Waals surface area (Å²) in [6.07, 6.45) is 0.814. The number of benzene rings is 1. The van der Waals surface area contributed by atoms with Crippen LogP contribution in [0.2, 0.25) is 5.02 Å². The Morgan fingerprint density at radius 2 is 2.20 bits per heavy atom. The van der Waals surface area contributed by atoms with E-state index >= 15 is 0 Å². The van der Waals surface area contributed by atoms with Gasteiger partial charge in [-0.3, -0.25) is 14.5 Å². The molecular weight excluding hydrogens is 348 g/mol. The molecule has 25 heavy (non-hydrogen) atoms. The third-order valence-electron chi connectivity index (χ3n) is 4.28. The molecule has 2 aliphatic rings. The molecule has 2 aliphatic heterocycles. The van der Waals surface area contributed by atoms with Crippen molar-refractivity contribution < 1.29 is 23.8 Å². The number of piperazine rings is 1. The van der Waals surface area contributed by atoms with Crippen molar-refractivity contribution in [3.8, 4) is 11.5 Å². The van der Waals surface area contributed by atoms with E-state index in [1.165, 1.54) is 7.11 Å². The van der Waals surface area contributed by atoms with E-state index in [2.05, 4.69) is 5.32 Å². The number of hydrogen-bond donors (Lipinski definition) is 1. The summed E-state index contributed by atoms with van der Waals surface area (Å²) in [7, 11) is 1.32. The van der Waals surface area contributed by atoms with Crippen LogP contribution in [0, 0.1) is 0 Å². The molecule has 1 aromatic rings. The first-order valence-corrected chi connectivity index (χ1v) is 8.63. The third kappa shape index (κ3) is 4.16. The highest BCUT2D eigenvalue weighted by Gasteiger charge is 2.32. The van der Waals surface area contributed by atoms with E-state index in [9.17, 15) is 9.59 Å². The van der Waals surface area contributed by atoms with Crippen LogP contribution >= 0.6 is 11.6 Å². The third-order valence-corrected chi connectivity index (χ3v) is 4.56. The highest BCUT2D eigenvalue weighted by atomic mass is 35.5. The molecule has 0 unspecified atom stereocenters. The van der Waals surface area contributed by atoms with E-state index < -0.39 is 12.0 Å². The maximum Gasteiger partial charge on any atom is 0.307 e. The second-order valence-electron chi connectivity index (χ2n) is 6.01. The van der Waals surface area contributed by atoms with E-state index in [1.54, 1.807) is 0 Å². The van der Waals surface area contributed by atoms with E-state index in [0.717, 1.165) is 12.0 Å². The molecular formula is C17H21ClN2O5. The SMILES string of the molecule is COC(=O)C[C@@H]1C(=O)NCCN1Cc1cc(Cl)c2c(c1)OCCCO2.